The summed E-state index contributed by atoms with van der Waals surface area (Å²) in [6.07, 6.45) is 0. The van der Waals surface area contributed by atoms with Crippen LogP contribution in [0.3, 0.4) is 0 Å². The second kappa shape index (κ2) is 8.49. The van der Waals surface area contributed by atoms with Crippen molar-refractivity contribution in [3.05, 3.63) is 89.5 Å². The van der Waals surface area contributed by atoms with E-state index in [9.17, 15) is 13.2 Å². The first kappa shape index (κ1) is 20.6. The number of sulfonamides is 1. The lowest BCUT2D eigenvalue weighted by Gasteiger charge is -2.23. The van der Waals surface area contributed by atoms with E-state index in [1.165, 1.54) is 12.1 Å². The third-order valence-corrected chi connectivity index (χ3v) is 6.38. The highest BCUT2D eigenvalue weighted by Crippen LogP contribution is 2.26. The maximum Gasteiger partial charge on any atom is 0.278 e. The second-order valence-electron chi connectivity index (χ2n) is 6.81. The van der Waals surface area contributed by atoms with Crippen LogP contribution in [0.15, 0.2) is 77.7 Å². The van der Waals surface area contributed by atoms with E-state index < -0.39 is 22.5 Å². The molecule has 3 aromatic rings. The Hall–Kier alpha value is -3.12. The van der Waals surface area contributed by atoms with Crippen molar-refractivity contribution in [3.8, 4) is 5.75 Å². The summed E-state index contributed by atoms with van der Waals surface area (Å²) >= 11 is 0. The Morgan fingerprint density at radius 2 is 1.48 bits per heavy atom. The highest BCUT2D eigenvalue weighted by molar-refractivity contribution is 7.93. The zero-order valence-electron chi connectivity index (χ0n) is 16.6. The maximum atomic E-state index is 13.2. The van der Waals surface area contributed by atoms with E-state index in [-0.39, 0.29) is 10.6 Å². The van der Waals surface area contributed by atoms with E-state index in [1.807, 2.05) is 32.9 Å². The van der Waals surface area contributed by atoms with Crippen LogP contribution in [-0.2, 0) is 14.8 Å². The van der Waals surface area contributed by atoms with Gasteiger partial charge in [0.05, 0.1) is 10.6 Å². The summed E-state index contributed by atoms with van der Waals surface area (Å²) in [6.45, 7) is 5.42. The van der Waals surface area contributed by atoms with Crippen LogP contribution in [0.4, 0.5) is 5.69 Å². The molecule has 0 spiro atoms. The number of ether oxygens (including phenoxy) is 1. The number of carbonyl (C=O) groups is 1. The first-order chi connectivity index (χ1) is 13.8. The molecule has 150 valence electrons. The van der Waals surface area contributed by atoms with Gasteiger partial charge in [-0.2, -0.15) is 4.31 Å². The molecule has 0 aliphatic rings. The van der Waals surface area contributed by atoms with E-state index >= 15 is 0 Å². The normalized spacial score (nSPS) is 11.1. The Bertz CT molecular complexity index is 1110. The van der Waals surface area contributed by atoms with Crippen molar-refractivity contribution >= 4 is 21.6 Å². The number of hydrogen-bond donors (Lipinski definition) is 0. The monoisotopic (exact) mass is 409 g/mol. The van der Waals surface area contributed by atoms with Crippen molar-refractivity contribution in [2.75, 3.05) is 10.9 Å². The van der Waals surface area contributed by atoms with Gasteiger partial charge in [-0.05, 0) is 67.8 Å². The largest absolute Gasteiger partial charge is 0.483 e. The van der Waals surface area contributed by atoms with Gasteiger partial charge in [-0.15, -0.1) is 0 Å². The molecule has 0 fully saturated rings. The van der Waals surface area contributed by atoms with Gasteiger partial charge in [0.2, 0.25) is 0 Å². The average molecular weight is 410 g/mol. The van der Waals surface area contributed by atoms with Crippen LogP contribution in [0.2, 0.25) is 0 Å². The Kier molecular flexibility index (Phi) is 6.03. The molecule has 3 rings (SSSR count). The van der Waals surface area contributed by atoms with Gasteiger partial charge in [-0.3, -0.25) is 4.79 Å². The van der Waals surface area contributed by atoms with Crippen molar-refractivity contribution in [2.45, 2.75) is 25.7 Å². The Morgan fingerprint density at radius 1 is 0.897 bits per heavy atom. The van der Waals surface area contributed by atoms with Crippen LogP contribution < -0.4 is 9.04 Å². The van der Waals surface area contributed by atoms with Gasteiger partial charge in [0.25, 0.3) is 15.9 Å². The van der Waals surface area contributed by atoms with Crippen LogP contribution in [0, 0.1) is 20.8 Å². The molecule has 0 aromatic heterocycles. The lowest BCUT2D eigenvalue weighted by Crippen LogP contribution is -2.40. The fraction of sp³-hybridized carbons (Fsp3) is 0.174. The summed E-state index contributed by atoms with van der Waals surface area (Å²) in [5.74, 6) is -0.0976. The first-order valence-corrected chi connectivity index (χ1v) is 10.6. The Balaban J connectivity index is 1.94. The SMILES string of the molecule is Cc1cc(C)c(C)c(OCC(=O)N(c2ccccc2)S(=O)(=O)c2ccccc2)c1. The molecule has 0 N–H and O–H groups in total. The highest BCUT2D eigenvalue weighted by atomic mass is 32.2. The molecular formula is C23H23NO4S. The minimum atomic E-state index is -4.08. The van der Waals surface area contributed by atoms with Gasteiger partial charge < -0.3 is 4.74 Å². The lowest BCUT2D eigenvalue weighted by molar-refractivity contribution is -0.119. The summed E-state index contributed by atoms with van der Waals surface area (Å²) in [5, 5.41) is 0. The summed E-state index contributed by atoms with van der Waals surface area (Å²) in [6, 6.07) is 20.1. The number of nitrogens with zero attached hydrogens (tertiary/aromatic N) is 1. The lowest BCUT2D eigenvalue weighted by atomic mass is 10.1. The van der Waals surface area contributed by atoms with Crippen LogP contribution in [-0.4, -0.2) is 20.9 Å². The molecule has 0 heterocycles. The molecule has 0 bridgehead atoms. The summed E-state index contributed by atoms with van der Waals surface area (Å²) < 4.78 is 33.0. The number of hydrogen-bond acceptors (Lipinski definition) is 4. The molecular weight excluding hydrogens is 386 g/mol. The second-order valence-corrected chi connectivity index (χ2v) is 8.59. The summed E-state index contributed by atoms with van der Waals surface area (Å²) in [4.78, 5) is 13.1. The molecule has 1 amide bonds. The van der Waals surface area contributed by atoms with Gasteiger partial charge in [0.15, 0.2) is 6.61 Å². The van der Waals surface area contributed by atoms with Crippen LogP contribution in [0.5, 0.6) is 5.75 Å². The van der Waals surface area contributed by atoms with Crippen molar-refractivity contribution in [3.63, 3.8) is 0 Å². The molecule has 0 saturated heterocycles. The minimum Gasteiger partial charge on any atom is -0.483 e. The number of amides is 1. The maximum absolute atomic E-state index is 13.2. The topological polar surface area (TPSA) is 63.7 Å². The first-order valence-electron chi connectivity index (χ1n) is 9.19. The van der Waals surface area contributed by atoms with Crippen LogP contribution in [0.1, 0.15) is 16.7 Å². The number of carbonyl (C=O) groups excluding carboxylic acids is 1. The van der Waals surface area contributed by atoms with Gasteiger partial charge in [-0.1, -0.05) is 42.5 Å². The van der Waals surface area contributed by atoms with Crippen molar-refractivity contribution < 1.29 is 17.9 Å². The fourth-order valence-corrected chi connectivity index (χ4v) is 4.46. The highest BCUT2D eigenvalue weighted by Gasteiger charge is 2.31. The third kappa shape index (κ3) is 4.49. The Labute approximate surface area is 171 Å². The van der Waals surface area contributed by atoms with E-state index in [2.05, 4.69) is 0 Å². The molecule has 29 heavy (non-hydrogen) atoms. The molecule has 3 aromatic carbocycles. The van der Waals surface area contributed by atoms with Crippen molar-refractivity contribution in [2.24, 2.45) is 0 Å². The number of aryl methyl sites for hydroxylation is 2. The molecule has 0 aliphatic heterocycles. The molecule has 0 radical (unpaired) electrons. The van der Waals surface area contributed by atoms with Crippen LogP contribution >= 0.6 is 0 Å². The molecule has 0 saturated carbocycles. The van der Waals surface area contributed by atoms with E-state index in [0.29, 0.717) is 5.75 Å². The van der Waals surface area contributed by atoms with Crippen molar-refractivity contribution in [1.82, 2.24) is 0 Å². The number of benzene rings is 3. The Morgan fingerprint density at radius 3 is 2.10 bits per heavy atom. The number of anilines is 1. The standard InChI is InChI=1S/C23H23NO4S/c1-17-14-18(2)19(3)22(15-17)28-16-23(25)24(20-10-6-4-7-11-20)29(26,27)21-12-8-5-9-13-21/h4-15H,16H2,1-3H3. The minimum absolute atomic E-state index is 0.0415. The molecule has 0 unspecified atom stereocenters. The van der Waals surface area contributed by atoms with Gasteiger partial charge in [0, 0.05) is 0 Å². The van der Waals surface area contributed by atoms with Gasteiger partial charge in [0.1, 0.15) is 5.75 Å². The van der Waals surface area contributed by atoms with E-state index in [0.717, 1.165) is 21.0 Å². The summed E-state index contributed by atoms with van der Waals surface area (Å²) in [7, 11) is -4.08. The number of para-hydroxylation sites is 1. The van der Waals surface area contributed by atoms with Crippen molar-refractivity contribution in [1.29, 1.82) is 0 Å². The quantitative estimate of drug-likeness (QED) is 0.605. The zero-order valence-corrected chi connectivity index (χ0v) is 17.4. The average Bonchev–Trinajstić information content (AvgIpc) is 2.71. The fourth-order valence-electron chi connectivity index (χ4n) is 3.03. The number of rotatable bonds is 6. The molecule has 5 nitrogen and oxygen atoms in total. The zero-order chi connectivity index (χ0) is 21.0. The summed E-state index contributed by atoms with van der Waals surface area (Å²) in [5.41, 5.74) is 3.24. The molecule has 6 heteroatoms. The molecule has 0 atom stereocenters. The van der Waals surface area contributed by atoms with E-state index in [1.54, 1.807) is 48.5 Å². The van der Waals surface area contributed by atoms with Gasteiger partial charge in [-0.25, -0.2) is 8.42 Å². The predicted molar refractivity (Wildman–Crippen MR) is 114 cm³/mol. The van der Waals surface area contributed by atoms with E-state index in [4.69, 9.17) is 4.74 Å². The van der Waals surface area contributed by atoms with Crippen LogP contribution in [0.25, 0.3) is 0 Å². The predicted octanol–water partition coefficient (Wildman–Crippen LogP) is 4.41. The third-order valence-electron chi connectivity index (χ3n) is 4.61. The van der Waals surface area contributed by atoms with Gasteiger partial charge >= 0.3 is 0 Å². The smallest absolute Gasteiger partial charge is 0.278 e. The molecule has 0 aliphatic carbocycles.